The summed E-state index contributed by atoms with van der Waals surface area (Å²) < 4.78 is 35.6. The van der Waals surface area contributed by atoms with E-state index in [2.05, 4.69) is 72.4 Å². The molecule has 0 fully saturated rings. The number of azo groups is 2. The fourth-order valence-electron chi connectivity index (χ4n) is 4.40. The van der Waals surface area contributed by atoms with Crippen LogP contribution < -0.4 is 4.89 Å². The van der Waals surface area contributed by atoms with Crippen molar-refractivity contribution in [2.24, 2.45) is 40.4 Å². The Bertz CT molecular complexity index is 2600. The van der Waals surface area contributed by atoms with Crippen LogP contribution in [0.25, 0.3) is 31.2 Å². The fourth-order valence-corrected chi connectivity index (χ4v) is 4.95. The Hall–Kier alpha value is -6.69. The second kappa shape index (κ2) is 17.0. The van der Waals surface area contributed by atoms with E-state index in [0.29, 0.717) is 27.3 Å². The normalized spacial score (nSPS) is 16.3. The van der Waals surface area contributed by atoms with Crippen molar-refractivity contribution < 1.29 is 53.9 Å². The molecule has 2 aliphatic rings. The van der Waals surface area contributed by atoms with Gasteiger partial charge in [-0.05, 0) is 58.3 Å². The van der Waals surface area contributed by atoms with Crippen LogP contribution in [0.15, 0.2) is 106 Å². The topological polar surface area (TPSA) is 278 Å². The van der Waals surface area contributed by atoms with Gasteiger partial charge < -0.3 is 19.9 Å². The molecule has 2 atom stereocenters. The van der Waals surface area contributed by atoms with Gasteiger partial charge >= 0.3 is 18.0 Å². The summed E-state index contributed by atoms with van der Waals surface area (Å²) in [7, 11) is -4.37. The molecular formula is C30H16N12NiO8S2. The van der Waals surface area contributed by atoms with Gasteiger partial charge in [0.15, 0.2) is 17.5 Å². The summed E-state index contributed by atoms with van der Waals surface area (Å²) in [6, 6.07) is 17.0. The van der Waals surface area contributed by atoms with Gasteiger partial charge in [-0.3, -0.25) is 9.40 Å². The zero-order chi connectivity index (χ0) is 37.4. The Morgan fingerprint density at radius 1 is 0.849 bits per heavy atom. The van der Waals surface area contributed by atoms with Crippen molar-refractivity contribution in [2.75, 3.05) is 0 Å². The summed E-state index contributed by atoms with van der Waals surface area (Å²) >= 11 is 3.38. The third-order valence-electron chi connectivity index (χ3n) is 6.70. The Morgan fingerprint density at radius 2 is 1.45 bits per heavy atom. The summed E-state index contributed by atoms with van der Waals surface area (Å²) in [5.41, 5.74) is 0.131. The van der Waals surface area contributed by atoms with Crippen molar-refractivity contribution >= 4 is 79.4 Å². The molecule has 2 aliphatic heterocycles. The van der Waals surface area contributed by atoms with E-state index >= 15 is 0 Å². The van der Waals surface area contributed by atoms with Crippen LogP contribution in [-0.2, 0) is 36.0 Å². The number of hydrogen-bond acceptors (Lipinski definition) is 18. The number of hydrogen-bond donors (Lipinski definition) is 4. The van der Waals surface area contributed by atoms with Gasteiger partial charge in [0.25, 0.3) is 16.1 Å². The average Bonchev–Trinajstić information content (AvgIpc) is 3.75. The van der Waals surface area contributed by atoms with Crippen molar-refractivity contribution in [1.29, 1.82) is 10.5 Å². The van der Waals surface area contributed by atoms with Gasteiger partial charge in [-0.15, -0.1) is 24.7 Å². The number of nitrogens with zero attached hydrogens (tertiary/aromatic N) is 12. The number of benzene rings is 4. The van der Waals surface area contributed by atoms with Gasteiger partial charge in [0, 0.05) is 40.2 Å². The standard InChI is InChI=1S/2C15H8N6O4S.Ni/c1-16-13-14(17-2)19-15(18-13)21-20-12-10-5-4-9(26(23,24)25)7-8(10)3-6-11(12)22;16-6-11-12(7-17)19-15(18-11)21-20-14-10-3-2-9(23-24-25-26)5-8(10)1-4-13(14)22;/h3-7,13,22H,(H,23,24,25);1-5,11,22,26H;. The summed E-state index contributed by atoms with van der Waals surface area (Å²) in [5.74, 6) is -0.429. The third-order valence-corrected chi connectivity index (χ3v) is 7.61. The molecule has 0 aromatic heterocycles. The molecular weight excluding hydrogens is 779 g/mol. The Labute approximate surface area is 313 Å². The van der Waals surface area contributed by atoms with Crippen LogP contribution in [0.4, 0.5) is 11.4 Å². The maximum Gasteiger partial charge on any atom is 0.376 e. The molecule has 0 aliphatic carbocycles. The average molecular weight is 795 g/mol. The van der Waals surface area contributed by atoms with E-state index < -0.39 is 22.3 Å². The number of guanidine groups is 2. The van der Waals surface area contributed by atoms with Crippen LogP contribution in [0.5, 0.6) is 17.2 Å². The number of thiol groups is 1. The van der Waals surface area contributed by atoms with Crippen molar-refractivity contribution in [3.05, 3.63) is 83.5 Å². The Morgan fingerprint density at radius 3 is 1.96 bits per heavy atom. The zero-order valence-electron chi connectivity index (χ0n) is 25.8. The number of nitriles is 2. The van der Waals surface area contributed by atoms with Gasteiger partial charge in [-0.2, -0.15) is 18.9 Å². The van der Waals surface area contributed by atoms with Crippen molar-refractivity contribution in [3.63, 3.8) is 0 Å². The van der Waals surface area contributed by atoms with Crippen molar-refractivity contribution in [1.82, 2.24) is 0 Å². The molecule has 3 N–H and O–H groups in total. The van der Waals surface area contributed by atoms with E-state index in [0.717, 1.165) is 6.07 Å². The molecule has 0 saturated carbocycles. The van der Waals surface area contributed by atoms with Crippen LogP contribution in [0.3, 0.4) is 0 Å². The van der Waals surface area contributed by atoms with Crippen LogP contribution in [0, 0.1) is 35.8 Å². The van der Waals surface area contributed by atoms with E-state index in [1.807, 2.05) is 6.07 Å². The first-order valence-electron chi connectivity index (χ1n) is 13.8. The number of fused-ring (bicyclic) bond motifs is 2. The number of rotatable bonds is 6. The molecule has 53 heavy (non-hydrogen) atoms. The number of phenolic OH excluding ortho intramolecular Hbond substituents is 2. The molecule has 0 spiro atoms. The van der Waals surface area contributed by atoms with E-state index in [9.17, 15) is 18.6 Å². The predicted octanol–water partition coefficient (Wildman–Crippen LogP) is 5.75. The molecule has 4 aromatic carbocycles. The molecule has 0 amide bonds. The maximum absolute atomic E-state index is 11.2. The molecule has 23 heteroatoms. The Kier molecular flexibility index (Phi) is 12.6. The molecule has 6 rings (SSSR count). The Balaban J connectivity index is 0.000000232. The van der Waals surface area contributed by atoms with E-state index in [-0.39, 0.29) is 67.7 Å². The second-order valence-electron chi connectivity index (χ2n) is 9.82. The molecule has 20 nitrogen and oxygen atoms in total. The second-order valence-corrected chi connectivity index (χ2v) is 11.4. The zero-order valence-corrected chi connectivity index (χ0v) is 28.5. The summed E-state index contributed by atoms with van der Waals surface area (Å²) in [6.45, 7) is 13.9. The van der Waals surface area contributed by atoms with Crippen molar-refractivity contribution in [2.45, 2.75) is 17.1 Å². The minimum absolute atomic E-state index is 0. The van der Waals surface area contributed by atoms with Crippen LogP contribution in [-0.4, -0.2) is 58.9 Å². The summed E-state index contributed by atoms with van der Waals surface area (Å²) in [5, 5.41) is 59.5. The molecule has 2 heterocycles. The van der Waals surface area contributed by atoms with Crippen molar-refractivity contribution in [3.8, 4) is 29.4 Å². The minimum atomic E-state index is -4.37. The van der Waals surface area contributed by atoms with Gasteiger partial charge in [0.05, 0.1) is 11.0 Å². The van der Waals surface area contributed by atoms with Crippen LogP contribution in [0.1, 0.15) is 0 Å². The van der Waals surface area contributed by atoms with Crippen LogP contribution >= 0.6 is 12.9 Å². The number of amidine groups is 1. The molecule has 4 aromatic rings. The summed E-state index contributed by atoms with van der Waals surface area (Å²) in [6.07, 6.45) is -1.06. The maximum atomic E-state index is 11.2. The predicted molar refractivity (Wildman–Crippen MR) is 184 cm³/mol. The van der Waals surface area contributed by atoms with Gasteiger partial charge in [0.2, 0.25) is 0 Å². The van der Waals surface area contributed by atoms with Gasteiger partial charge in [-0.1, -0.05) is 34.9 Å². The first-order chi connectivity index (χ1) is 25.0. The number of phenols is 2. The SMILES string of the molecule is N#CC1=NC(N=Nc2c(O)ccc3cc(OOOS)ccc23)=NC1C#N.[C-]#[N+]C1=NC(N=Nc2c(O)ccc3cc(S(=O)(=O)O)ccc23)=NC1[N+]#[C-].[Ni]. The first kappa shape index (κ1) is 39.1. The van der Waals surface area contributed by atoms with E-state index in [1.165, 1.54) is 30.3 Å². The summed E-state index contributed by atoms with van der Waals surface area (Å²) in [4.78, 5) is 26.0. The van der Waals surface area contributed by atoms with Gasteiger partial charge in [-0.25, -0.2) is 16.6 Å². The minimum Gasteiger partial charge on any atom is -0.506 e. The monoisotopic (exact) mass is 794 g/mol. The number of aliphatic imine (C=N–C) groups is 4. The molecule has 0 bridgehead atoms. The largest absolute Gasteiger partial charge is 0.506 e. The van der Waals surface area contributed by atoms with Crippen LogP contribution in [0.2, 0.25) is 0 Å². The molecule has 0 radical (unpaired) electrons. The van der Waals surface area contributed by atoms with Gasteiger partial charge in [0.1, 0.15) is 28.9 Å². The molecule has 2 unspecified atom stereocenters. The first-order valence-corrected chi connectivity index (χ1v) is 15.6. The third kappa shape index (κ3) is 8.98. The quantitative estimate of drug-likeness (QED) is 0.0268. The van der Waals surface area contributed by atoms with E-state index in [1.54, 1.807) is 30.3 Å². The van der Waals surface area contributed by atoms with E-state index in [4.69, 9.17) is 33.1 Å². The fraction of sp³-hybridized carbons (Fsp3) is 0.0667. The molecule has 266 valence electrons. The molecule has 0 saturated heterocycles. The smallest absolute Gasteiger partial charge is 0.376 e. The number of aromatic hydroxyl groups is 2.